The van der Waals surface area contributed by atoms with Crippen LogP contribution in [0.1, 0.15) is 42.8 Å². The Hall–Kier alpha value is -1.40. The number of thiophene rings is 1. The van der Waals surface area contributed by atoms with E-state index in [-0.39, 0.29) is 24.3 Å². The van der Waals surface area contributed by atoms with Crippen molar-refractivity contribution in [3.05, 3.63) is 22.4 Å². The first-order chi connectivity index (χ1) is 9.89. The molecule has 1 aliphatic heterocycles. The largest absolute Gasteiger partial charge is 0.388 e. The Bertz CT molecular complexity index is 494. The van der Waals surface area contributed by atoms with Crippen LogP contribution in [0.5, 0.6) is 0 Å². The fourth-order valence-electron chi connectivity index (χ4n) is 2.72. The van der Waals surface area contributed by atoms with Crippen molar-refractivity contribution in [1.82, 2.24) is 10.2 Å². The smallest absolute Gasteiger partial charge is 0.261 e. The van der Waals surface area contributed by atoms with Crippen LogP contribution in [0.15, 0.2) is 17.5 Å². The highest BCUT2D eigenvalue weighted by Gasteiger charge is 2.38. The fraction of sp³-hybridized carbons (Fsp3) is 0.600. The van der Waals surface area contributed by atoms with Crippen LogP contribution in [0.3, 0.4) is 0 Å². The van der Waals surface area contributed by atoms with Crippen LogP contribution < -0.4 is 5.32 Å². The molecule has 1 aliphatic rings. The molecule has 2 rings (SSSR count). The summed E-state index contributed by atoms with van der Waals surface area (Å²) >= 11 is 1.38. The Morgan fingerprint density at radius 2 is 2.29 bits per heavy atom. The SMILES string of the molecule is CC(C)(O)C1CCCN1C(=O)CCNC(=O)c1cccs1. The van der Waals surface area contributed by atoms with Gasteiger partial charge in [-0.05, 0) is 38.1 Å². The van der Waals surface area contributed by atoms with Crippen LogP contribution in [-0.4, -0.2) is 46.6 Å². The van der Waals surface area contributed by atoms with Crippen LogP contribution in [0, 0.1) is 0 Å². The molecular weight excluding hydrogens is 288 g/mol. The molecule has 1 aromatic rings. The lowest BCUT2D eigenvalue weighted by molar-refractivity contribution is -0.136. The van der Waals surface area contributed by atoms with E-state index in [1.165, 1.54) is 11.3 Å². The highest BCUT2D eigenvalue weighted by Crippen LogP contribution is 2.27. The molecule has 6 heteroatoms. The third-order valence-corrected chi connectivity index (χ3v) is 4.63. The number of hydrogen-bond acceptors (Lipinski definition) is 4. The van der Waals surface area contributed by atoms with Gasteiger partial charge in [-0.3, -0.25) is 9.59 Å². The van der Waals surface area contributed by atoms with Crippen molar-refractivity contribution >= 4 is 23.2 Å². The summed E-state index contributed by atoms with van der Waals surface area (Å²) in [6.45, 7) is 4.49. The van der Waals surface area contributed by atoms with Gasteiger partial charge in [0.2, 0.25) is 5.91 Å². The number of carbonyl (C=O) groups is 2. The van der Waals surface area contributed by atoms with Gasteiger partial charge in [0.25, 0.3) is 5.91 Å². The molecule has 2 heterocycles. The highest BCUT2D eigenvalue weighted by molar-refractivity contribution is 7.12. The second-order valence-corrected chi connectivity index (χ2v) is 6.83. The van der Waals surface area contributed by atoms with Crippen LogP contribution in [-0.2, 0) is 4.79 Å². The van der Waals surface area contributed by atoms with E-state index in [9.17, 15) is 14.7 Å². The minimum Gasteiger partial charge on any atom is -0.388 e. The summed E-state index contributed by atoms with van der Waals surface area (Å²) in [6, 6.07) is 3.45. The third-order valence-electron chi connectivity index (χ3n) is 3.76. The zero-order valence-electron chi connectivity index (χ0n) is 12.5. The van der Waals surface area contributed by atoms with Gasteiger partial charge in [0.1, 0.15) is 0 Å². The Morgan fingerprint density at radius 3 is 2.90 bits per heavy atom. The van der Waals surface area contributed by atoms with Crippen molar-refractivity contribution in [3.8, 4) is 0 Å². The molecular formula is C15H22N2O3S. The first-order valence-electron chi connectivity index (χ1n) is 7.23. The van der Waals surface area contributed by atoms with Crippen LogP contribution in [0.25, 0.3) is 0 Å². The van der Waals surface area contributed by atoms with Gasteiger partial charge in [-0.2, -0.15) is 0 Å². The number of carbonyl (C=O) groups excluding carboxylic acids is 2. The molecule has 2 N–H and O–H groups in total. The summed E-state index contributed by atoms with van der Waals surface area (Å²) in [5.74, 6) is -0.149. The van der Waals surface area contributed by atoms with Gasteiger partial charge in [-0.1, -0.05) is 6.07 Å². The average molecular weight is 310 g/mol. The van der Waals surface area contributed by atoms with E-state index >= 15 is 0 Å². The molecule has 1 unspecified atom stereocenters. The van der Waals surface area contributed by atoms with Gasteiger partial charge in [-0.15, -0.1) is 11.3 Å². The van der Waals surface area contributed by atoms with Crippen molar-refractivity contribution in [2.24, 2.45) is 0 Å². The minimum absolute atomic E-state index is 0.00824. The lowest BCUT2D eigenvalue weighted by Gasteiger charge is -2.33. The standard InChI is InChI=1S/C15H22N2O3S/c1-15(2,20)12-6-3-9-17(12)13(18)7-8-16-14(19)11-5-4-10-21-11/h4-5,10,12,20H,3,6-9H2,1-2H3,(H,16,19). The number of amides is 2. The van der Waals surface area contributed by atoms with Gasteiger partial charge in [0.05, 0.1) is 16.5 Å². The topological polar surface area (TPSA) is 69.6 Å². The first kappa shape index (κ1) is 16.0. The summed E-state index contributed by atoms with van der Waals surface area (Å²) in [5, 5.41) is 14.7. The summed E-state index contributed by atoms with van der Waals surface area (Å²) in [5.41, 5.74) is -0.883. The van der Waals surface area contributed by atoms with E-state index in [1.807, 2.05) is 11.4 Å². The first-order valence-corrected chi connectivity index (χ1v) is 8.11. The van der Waals surface area contributed by atoms with Gasteiger partial charge >= 0.3 is 0 Å². The van der Waals surface area contributed by atoms with Crippen molar-refractivity contribution < 1.29 is 14.7 Å². The van der Waals surface area contributed by atoms with Crippen LogP contribution in [0.4, 0.5) is 0 Å². The lowest BCUT2D eigenvalue weighted by atomic mass is 9.96. The number of likely N-dealkylation sites (tertiary alicyclic amines) is 1. The molecule has 2 amide bonds. The monoisotopic (exact) mass is 310 g/mol. The van der Waals surface area contributed by atoms with Crippen LogP contribution in [0.2, 0.25) is 0 Å². The molecule has 0 spiro atoms. The fourth-order valence-corrected chi connectivity index (χ4v) is 3.36. The zero-order valence-corrected chi connectivity index (χ0v) is 13.3. The van der Waals surface area contributed by atoms with Crippen molar-refractivity contribution in [2.45, 2.75) is 44.8 Å². The van der Waals surface area contributed by atoms with E-state index in [0.29, 0.717) is 18.0 Å². The highest BCUT2D eigenvalue weighted by atomic mass is 32.1. The average Bonchev–Trinajstić information content (AvgIpc) is 3.08. The van der Waals surface area contributed by atoms with E-state index in [2.05, 4.69) is 5.32 Å². The number of nitrogens with zero attached hydrogens (tertiary/aromatic N) is 1. The number of aliphatic hydroxyl groups is 1. The van der Waals surface area contributed by atoms with E-state index < -0.39 is 5.60 Å². The number of hydrogen-bond donors (Lipinski definition) is 2. The molecule has 5 nitrogen and oxygen atoms in total. The molecule has 0 bridgehead atoms. The zero-order chi connectivity index (χ0) is 15.5. The molecule has 0 radical (unpaired) electrons. The normalized spacial score (nSPS) is 18.8. The predicted molar refractivity (Wildman–Crippen MR) is 82.3 cm³/mol. The molecule has 0 aliphatic carbocycles. The van der Waals surface area contributed by atoms with Crippen molar-refractivity contribution in [1.29, 1.82) is 0 Å². The molecule has 1 atom stereocenters. The summed E-state index contributed by atoms with van der Waals surface area (Å²) in [7, 11) is 0. The van der Waals surface area contributed by atoms with Gasteiger partial charge in [0, 0.05) is 19.5 Å². The molecule has 0 saturated carbocycles. The van der Waals surface area contributed by atoms with Crippen molar-refractivity contribution in [2.75, 3.05) is 13.1 Å². The van der Waals surface area contributed by atoms with Gasteiger partial charge in [-0.25, -0.2) is 0 Å². The lowest BCUT2D eigenvalue weighted by Crippen LogP contribution is -2.48. The van der Waals surface area contributed by atoms with E-state index in [0.717, 1.165) is 12.8 Å². The molecule has 116 valence electrons. The van der Waals surface area contributed by atoms with Crippen LogP contribution >= 0.6 is 11.3 Å². The number of nitrogens with one attached hydrogen (secondary N) is 1. The molecule has 1 fully saturated rings. The van der Waals surface area contributed by atoms with E-state index in [1.54, 1.807) is 24.8 Å². The van der Waals surface area contributed by atoms with E-state index in [4.69, 9.17) is 0 Å². The number of rotatable bonds is 5. The molecule has 21 heavy (non-hydrogen) atoms. The summed E-state index contributed by atoms with van der Waals surface area (Å²) < 4.78 is 0. The maximum absolute atomic E-state index is 12.2. The Balaban J connectivity index is 1.81. The van der Waals surface area contributed by atoms with Gasteiger partial charge < -0.3 is 15.3 Å². The molecule has 1 saturated heterocycles. The van der Waals surface area contributed by atoms with Crippen molar-refractivity contribution in [3.63, 3.8) is 0 Å². The Labute approximate surface area is 129 Å². The quantitative estimate of drug-likeness (QED) is 0.868. The summed E-state index contributed by atoms with van der Waals surface area (Å²) in [4.78, 5) is 26.4. The Kier molecular flexibility index (Phi) is 5.00. The van der Waals surface area contributed by atoms with Gasteiger partial charge in [0.15, 0.2) is 0 Å². The predicted octanol–water partition coefficient (Wildman–Crippen LogP) is 1.63. The second-order valence-electron chi connectivity index (χ2n) is 5.88. The second kappa shape index (κ2) is 6.58. The minimum atomic E-state index is -0.883. The summed E-state index contributed by atoms with van der Waals surface area (Å²) in [6.07, 6.45) is 2.02. The maximum Gasteiger partial charge on any atom is 0.261 e. The maximum atomic E-state index is 12.2. The molecule has 1 aromatic heterocycles. The Morgan fingerprint density at radius 1 is 1.52 bits per heavy atom. The molecule has 0 aromatic carbocycles. The third kappa shape index (κ3) is 4.04.